The largest absolute Gasteiger partial charge is 0.416 e. The lowest BCUT2D eigenvalue weighted by molar-refractivity contribution is -0.137. The quantitative estimate of drug-likeness (QED) is 0.278. The van der Waals surface area contributed by atoms with E-state index in [2.05, 4.69) is 25.8 Å². The summed E-state index contributed by atoms with van der Waals surface area (Å²) in [4.78, 5) is 4.45. The van der Waals surface area contributed by atoms with E-state index in [1.807, 2.05) is 48.9 Å². The summed E-state index contributed by atoms with van der Waals surface area (Å²) in [6, 6.07) is 14.9. The zero-order chi connectivity index (χ0) is 21.6. The van der Waals surface area contributed by atoms with E-state index in [9.17, 15) is 13.2 Å². The van der Waals surface area contributed by atoms with Crippen molar-refractivity contribution in [2.24, 2.45) is 12.0 Å². The van der Waals surface area contributed by atoms with Crippen LogP contribution in [0.25, 0.3) is 0 Å². The molecule has 6 nitrogen and oxygen atoms in total. The van der Waals surface area contributed by atoms with Crippen LogP contribution in [0.1, 0.15) is 28.3 Å². The summed E-state index contributed by atoms with van der Waals surface area (Å²) in [5.74, 6) is 1.98. The number of aromatic nitrogens is 3. The van der Waals surface area contributed by atoms with Gasteiger partial charge in [-0.25, -0.2) is 4.99 Å². The number of nitrogens with one attached hydrogen (secondary N) is 2. The van der Waals surface area contributed by atoms with Gasteiger partial charge in [0.05, 0.1) is 18.7 Å². The number of hydrogen-bond donors (Lipinski definition) is 2. The van der Waals surface area contributed by atoms with Gasteiger partial charge >= 0.3 is 6.18 Å². The average Bonchev–Trinajstić information content (AvgIpc) is 3.05. The predicted octanol–water partition coefficient (Wildman–Crippen LogP) is 4.20. The second-order valence-corrected chi connectivity index (χ2v) is 6.78. The van der Waals surface area contributed by atoms with Gasteiger partial charge in [-0.05, 0) is 30.2 Å². The van der Waals surface area contributed by atoms with Crippen LogP contribution in [0.15, 0.2) is 59.6 Å². The van der Waals surface area contributed by atoms with Crippen LogP contribution < -0.4 is 10.6 Å². The van der Waals surface area contributed by atoms with E-state index >= 15 is 0 Å². The molecular weight excluding hydrogens is 520 g/mol. The lowest BCUT2D eigenvalue weighted by atomic mass is 10.1. The molecule has 0 spiro atoms. The van der Waals surface area contributed by atoms with Crippen LogP contribution in [0.2, 0.25) is 0 Å². The second-order valence-electron chi connectivity index (χ2n) is 6.78. The standard InChI is InChI=1S/C21H23F3N6.HI/c1-15-28-29-19(30(15)2)14-27-20(25-12-16-7-4-3-5-8-16)26-13-17-9-6-10-18(11-17)21(22,23)24;/h3-11H,12-14H2,1-2H3,(H2,25,26,27);1H. The third-order valence-electron chi connectivity index (χ3n) is 4.57. The maximum Gasteiger partial charge on any atom is 0.416 e. The number of hydrogen-bond acceptors (Lipinski definition) is 3. The van der Waals surface area contributed by atoms with Gasteiger partial charge < -0.3 is 15.2 Å². The van der Waals surface area contributed by atoms with Crippen LogP contribution in [0.3, 0.4) is 0 Å². The fourth-order valence-electron chi connectivity index (χ4n) is 2.74. The van der Waals surface area contributed by atoms with E-state index in [0.29, 0.717) is 24.6 Å². The van der Waals surface area contributed by atoms with E-state index in [1.165, 1.54) is 6.07 Å². The average molecular weight is 544 g/mol. The molecule has 3 aromatic rings. The zero-order valence-electron chi connectivity index (χ0n) is 17.1. The van der Waals surface area contributed by atoms with Crippen molar-refractivity contribution in [3.63, 3.8) is 0 Å². The molecule has 0 aliphatic rings. The summed E-state index contributed by atoms with van der Waals surface area (Å²) in [5, 5.41) is 14.5. The van der Waals surface area contributed by atoms with Crippen LogP contribution >= 0.6 is 24.0 Å². The van der Waals surface area contributed by atoms with E-state index < -0.39 is 11.7 Å². The summed E-state index contributed by atoms with van der Waals surface area (Å²) in [7, 11) is 1.86. The Bertz CT molecular complexity index is 1000. The molecule has 0 saturated carbocycles. The van der Waals surface area contributed by atoms with Gasteiger partial charge in [0, 0.05) is 13.6 Å². The molecule has 2 N–H and O–H groups in total. The molecule has 166 valence electrons. The van der Waals surface area contributed by atoms with E-state index in [4.69, 9.17) is 0 Å². The highest BCUT2D eigenvalue weighted by molar-refractivity contribution is 14.0. The van der Waals surface area contributed by atoms with Crippen molar-refractivity contribution in [2.75, 3.05) is 0 Å². The molecule has 2 aromatic carbocycles. The minimum atomic E-state index is -4.38. The summed E-state index contributed by atoms with van der Waals surface area (Å²) >= 11 is 0. The second kappa shape index (κ2) is 11.1. The molecule has 0 unspecified atom stereocenters. The lowest BCUT2D eigenvalue weighted by Crippen LogP contribution is -2.37. The van der Waals surface area contributed by atoms with Gasteiger partial charge in [0.1, 0.15) is 5.82 Å². The number of benzene rings is 2. The van der Waals surface area contributed by atoms with Gasteiger partial charge in [-0.15, -0.1) is 34.2 Å². The van der Waals surface area contributed by atoms with Crippen molar-refractivity contribution in [3.8, 4) is 0 Å². The Kier molecular flexibility index (Phi) is 8.84. The van der Waals surface area contributed by atoms with Crippen molar-refractivity contribution < 1.29 is 13.2 Å². The highest BCUT2D eigenvalue weighted by Gasteiger charge is 2.30. The Morgan fingerprint density at radius 2 is 1.65 bits per heavy atom. The molecule has 1 heterocycles. The first-order chi connectivity index (χ1) is 14.3. The summed E-state index contributed by atoms with van der Waals surface area (Å²) in [6.07, 6.45) is -4.38. The third-order valence-corrected chi connectivity index (χ3v) is 4.57. The Morgan fingerprint density at radius 1 is 0.968 bits per heavy atom. The number of rotatable bonds is 6. The molecule has 0 aliphatic carbocycles. The lowest BCUT2D eigenvalue weighted by Gasteiger charge is -2.13. The van der Waals surface area contributed by atoms with Gasteiger partial charge in [-0.2, -0.15) is 13.2 Å². The first-order valence-electron chi connectivity index (χ1n) is 9.40. The normalized spacial score (nSPS) is 11.7. The third kappa shape index (κ3) is 7.23. The molecule has 0 radical (unpaired) electrons. The van der Waals surface area contributed by atoms with Crippen molar-refractivity contribution in [2.45, 2.75) is 32.7 Å². The maximum atomic E-state index is 12.9. The van der Waals surface area contributed by atoms with Crippen LogP contribution in [-0.2, 0) is 32.9 Å². The molecule has 31 heavy (non-hydrogen) atoms. The Labute approximate surface area is 196 Å². The minimum Gasteiger partial charge on any atom is -0.352 e. The van der Waals surface area contributed by atoms with Crippen molar-refractivity contribution in [1.82, 2.24) is 25.4 Å². The van der Waals surface area contributed by atoms with E-state index in [-0.39, 0.29) is 30.5 Å². The van der Waals surface area contributed by atoms with Gasteiger partial charge in [0.2, 0.25) is 0 Å². The molecule has 0 saturated heterocycles. The van der Waals surface area contributed by atoms with Crippen LogP contribution in [-0.4, -0.2) is 20.7 Å². The zero-order valence-corrected chi connectivity index (χ0v) is 19.5. The first-order valence-corrected chi connectivity index (χ1v) is 9.40. The topological polar surface area (TPSA) is 67.1 Å². The van der Waals surface area contributed by atoms with E-state index in [0.717, 1.165) is 29.3 Å². The van der Waals surface area contributed by atoms with Crippen LogP contribution in [0.4, 0.5) is 13.2 Å². The first kappa shape index (κ1) is 24.6. The van der Waals surface area contributed by atoms with Gasteiger partial charge in [0.15, 0.2) is 11.8 Å². The monoisotopic (exact) mass is 544 g/mol. The predicted molar refractivity (Wildman–Crippen MR) is 124 cm³/mol. The fourth-order valence-corrected chi connectivity index (χ4v) is 2.74. The smallest absolute Gasteiger partial charge is 0.352 e. The highest BCUT2D eigenvalue weighted by Crippen LogP contribution is 2.29. The molecule has 3 rings (SSSR count). The summed E-state index contributed by atoms with van der Waals surface area (Å²) < 4.78 is 40.7. The van der Waals surface area contributed by atoms with Gasteiger partial charge in [-0.3, -0.25) is 0 Å². The summed E-state index contributed by atoms with van der Waals surface area (Å²) in [6.45, 7) is 2.85. The molecule has 0 amide bonds. The van der Waals surface area contributed by atoms with Crippen LogP contribution in [0, 0.1) is 6.92 Å². The van der Waals surface area contributed by atoms with Gasteiger partial charge in [0.25, 0.3) is 0 Å². The summed E-state index contributed by atoms with van der Waals surface area (Å²) in [5.41, 5.74) is 0.845. The number of nitrogens with zero attached hydrogens (tertiary/aromatic N) is 4. The van der Waals surface area contributed by atoms with Crippen LogP contribution in [0.5, 0.6) is 0 Å². The number of halogens is 4. The molecule has 0 aliphatic heterocycles. The fraction of sp³-hybridized carbons (Fsp3) is 0.286. The Morgan fingerprint density at radius 3 is 2.29 bits per heavy atom. The molecule has 0 fully saturated rings. The Hall–Kier alpha value is -2.63. The number of aliphatic imine (C=N–C) groups is 1. The number of guanidine groups is 1. The maximum absolute atomic E-state index is 12.9. The number of aryl methyl sites for hydroxylation is 1. The SMILES string of the molecule is Cc1nnc(CNC(=NCc2cccc(C(F)(F)F)c2)NCc2ccccc2)n1C.I. The molecule has 0 atom stereocenters. The number of alkyl halides is 3. The molecular formula is C21H24F3IN6. The van der Waals surface area contributed by atoms with Gasteiger partial charge in [-0.1, -0.05) is 42.5 Å². The molecule has 10 heteroatoms. The van der Waals surface area contributed by atoms with E-state index in [1.54, 1.807) is 6.07 Å². The van der Waals surface area contributed by atoms with Crippen molar-refractivity contribution >= 4 is 29.9 Å². The highest BCUT2D eigenvalue weighted by atomic mass is 127. The minimum absolute atomic E-state index is 0. The Balaban J connectivity index is 0.00000341. The van der Waals surface area contributed by atoms with Crippen molar-refractivity contribution in [3.05, 3.63) is 82.9 Å². The van der Waals surface area contributed by atoms with Crippen molar-refractivity contribution in [1.29, 1.82) is 0 Å². The molecule has 1 aromatic heterocycles. The molecule has 0 bridgehead atoms.